The number of aryl methyl sites for hydroxylation is 2. The second-order valence-electron chi connectivity index (χ2n) is 6.47. The van der Waals surface area contributed by atoms with E-state index < -0.39 is 4.92 Å². The molecular weight excluding hydrogens is 376 g/mol. The number of hydrogen-bond donors (Lipinski definition) is 2. The molecule has 7 nitrogen and oxygen atoms in total. The maximum atomic E-state index is 12.5. The fraction of sp³-hybridized carbons (Fsp3) is 0.200. The van der Waals surface area contributed by atoms with E-state index in [1.807, 2.05) is 39.0 Å². The summed E-state index contributed by atoms with van der Waals surface area (Å²) < 4.78 is 0. The highest BCUT2D eigenvalue weighted by atomic mass is 32.1. The fourth-order valence-electron chi connectivity index (χ4n) is 2.79. The predicted molar refractivity (Wildman–Crippen MR) is 110 cm³/mol. The van der Waals surface area contributed by atoms with Gasteiger partial charge in [0.15, 0.2) is 5.13 Å². The first-order valence-corrected chi connectivity index (χ1v) is 9.57. The lowest BCUT2D eigenvalue weighted by Gasteiger charge is -2.13. The lowest BCUT2D eigenvalue weighted by molar-refractivity contribution is -0.384. The Morgan fingerprint density at radius 3 is 2.39 bits per heavy atom. The number of nitro benzene ring substituents is 1. The van der Waals surface area contributed by atoms with Gasteiger partial charge in [-0.25, -0.2) is 4.98 Å². The SMILES string of the molecule is Cc1cccc(C)c1Nc1nc(C(=O)N[C@H](C)c2ccc([N+](=O)[O-])cc2)cs1. The number of nitrogens with one attached hydrogen (secondary N) is 2. The molecule has 0 unspecified atom stereocenters. The normalized spacial score (nSPS) is 11.7. The Hall–Kier alpha value is -3.26. The molecule has 2 aromatic carbocycles. The van der Waals surface area contributed by atoms with E-state index in [1.54, 1.807) is 17.5 Å². The van der Waals surface area contributed by atoms with Crippen molar-refractivity contribution in [2.24, 2.45) is 0 Å². The lowest BCUT2D eigenvalue weighted by atomic mass is 10.1. The number of rotatable bonds is 6. The van der Waals surface area contributed by atoms with Gasteiger partial charge in [0.2, 0.25) is 0 Å². The van der Waals surface area contributed by atoms with E-state index in [0.29, 0.717) is 10.8 Å². The number of amides is 1. The van der Waals surface area contributed by atoms with Gasteiger partial charge in [-0.15, -0.1) is 11.3 Å². The van der Waals surface area contributed by atoms with Crippen LogP contribution in [0, 0.1) is 24.0 Å². The van der Waals surface area contributed by atoms with Gasteiger partial charge in [-0.1, -0.05) is 30.3 Å². The van der Waals surface area contributed by atoms with Crippen molar-refractivity contribution < 1.29 is 9.72 Å². The van der Waals surface area contributed by atoms with Crippen molar-refractivity contribution >= 4 is 33.8 Å². The first kappa shape index (κ1) is 19.5. The van der Waals surface area contributed by atoms with Crippen molar-refractivity contribution in [1.82, 2.24) is 10.3 Å². The molecule has 0 saturated heterocycles. The predicted octanol–water partition coefficient (Wildman–Crippen LogP) is 4.90. The molecule has 1 heterocycles. The molecule has 0 bridgehead atoms. The summed E-state index contributed by atoms with van der Waals surface area (Å²) in [7, 11) is 0. The number of nitro groups is 1. The minimum Gasteiger partial charge on any atom is -0.344 e. The zero-order valence-electron chi connectivity index (χ0n) is 15.7. The average Bonchev–Trinajstić information content (AvgIpc) is 3.14. The summed E-state index contributed by atoms with van der Waals surface area (Å²) in [6.45, 7) is 5.85. The Morgan fingerprint density at radius 1 is 1.14 bits per heavy atom. The van der Waals surface area contributed by atoms with Gasteiger partial charge in [0.25, 0.3) is 11.6 Å². The summed E-state index contributed by atoms with van der Waals surface area (Å²) in [5, 5.41) is 19.2. The largest absolute Gasteiger partial charge is 0.344 e. The summed E-state index contributed by atoms with van der Waals surface area (Å²) in [5.74, 6) is -0.295. The van der Waals surface area contributed by atoms with E-state index in [2.05, 4.69) is 15.6 Å². The van der Waals surface area contributed by atoms with Crippen LogP contribution in [0.3, 0.4) is 0 Å². The Bertz CT molecular complexity index is 994. The number of thiazole rings is 1. The molecule has 0 saturated carbocycles. The number of para-hydroxylation sites is 1. The van der Waals surface area contributed by atoms with Crippen LogP contribution < -0.4 is 10.6 Å². The highest BCUT2D eigenvalue weighted by Crippen LogP contribution is 2.26. The number of benzene rings is 2. The smallest absolute Gasteiger partial charge is 0.271 e. The zero-order chi connectivity index (χ0) is 20.3. The van der Waals surface area contributed by atoms with Crippen molar-refractivity contribution in [2.75, 3.05) is 5.32 Å². The first-order chi connectivity index (χ1) is 13.3. The van der Waals surface area contributed by atoms with E-state index in [1.165, 1.54) is 23.5 Å². The van der Waals surface area contributed by atoms with Crippen molar-refractivity contribution in [3.05, 3.63) is 80.3 Å². The van der Waals surface area contributed by atoms with Crippen LogP contribution >= 0.6 is 11.3 Å². The Kier molecular flexibility index (Phi) is 5.70. The molecule has 144 valence electrons. The van der Waals surface area contributed by atoms with Crippen LogP contribution in [-0.4, -0.2) is 15.8 Å². The van der Waals surface area contributed by atoms with Gasteiger partial charge < -0.3 is 10.6 Å². The first-order valence-electron chi connectivity index (χ1n) is 8.69. The highest BCUT2D eigenvalue weighted by molar-refractivity contribution is 7.14. The van der Waals surface area contributed by atoms with Gasteiger partial charge in [-0.05, 0) is 37.5 Å². The Labute approximate surface area is 166 Å². The molecule has 0 aliphatic heterocycles. The highest BCUT2D eigenvalue weighted by Gasteiger charge is 2.16. The van der Waals surface area contributed by atoms with Gasteiger partial charge in [0, 0.05) is 23.2 Å². The molecule has 1 amide bonds. The van der Waals surface area contributed by atoms with E-state index in [9.17, 15) is 14.9 Å². The summed E-state index contributed by atoms with van der Waals surface area (Å²) in [5.41, 5.74) is 4.32. The molecular formula is C20H20N4O3S. The minimum atomic E-state index is -0.451. The molecule has 2 N–H and O–H groups in total. The van der Waals surface area contributed by atoms with Crippen LogP contribution in [-0.2, 0) is 0 Å². The van der Waals surface area contributed by atoms with Gasteiger partial charge in [-0.3, -0.25) is 14.9 Å². The van der Waals surface area contributed by atoms with Crippen molar-refractivity contribution in [3.63, 3.8) is 0 Å². The quantitative estimate of drug-likeness (QED) is 0.456. The molecule has 0 radical (unpaired) electrons. The van der Waals surface area contributed by atoms with Crippen molar-refractivity contribution in [2.45, 2.75) is 26.8 Å². The number of carbonyl (C=O) groups is 1. The van der Waals surface area contributed by atoms with Crippen LogP contribution in [0.1, 0.15) is 40.1 Å². The van der Waals surface area contributed by atoms with Crippen LogP contribution in [0.4, 0.5) is 16.5 Å². The maximum Gasteiger partial charge on any atom is 0.271 e. The van der Waals surface area contributed by atoms with E-state index in [0.717, 1.165) is 22.4 Å². The van der Waals surface area contributed by atoms with Crippen LogP contribution in [0.15, 0.2) is 47.8 Å². The van der Waals surface area contributed by atoms with Gasteiger partial charge in [0.05, 0.1) is 11.0 Å². The fourth-order valence-corrected chi connectivity index (χ4v) is 3.49. The molecule has 3 aromatic rings. The number of anilines is 2. The van der Waals surface area contributed by atoms with E-state index in [-0.39, 0.29) is 17.6 Å². The van der Waals surface area contributed by atoms with Crippen LogP contribution in [0.25, 0.3) is 0 Å². The number of hydrogen-bond acceptors (Lipinski definition) is 6. The monoisotopic (exact) mass is 396 g/mol. The van der Waals surface area contributed by atoms with Crippen molar-refractivity contribution in [3.8, 4) is 0 Å². The third-order valence-electron chi connectivity index (χ3n) is 4.40. The topological polar surface area (TPSA) is 97.2 Å². The third-order valence-corrected chi connectivity index (χ3v) is 5.16. The molecule has 3 rings (SSSR count). The van der Waals surface area contributed by atoms with Gasteiger partial charge in [0.1, 0.15) is 5.69 Å². The number of aromatic nitrogens is 1. The second-order valence-corrected chi connectivity index (χ2v) is 7.33. The zero-order valence-corrected chi connectivity index (χ0v) is 16.5. The van der Waals surface area contributed by atoms with E-state index >= 15 is 0 Å². The maximum absolute atomic E-state index is 12.5. The minimum absolute atomic E-state index is 0.0176. The van der Waals surface area contributed by atoms with Gasteiger partial charge in [-0.2, -0.15) is 0 Å². The Morgan fingerprint density at radius 2 is 1.79 bits per heavy atom. The summed E-state index contributed by atoms with van der Waals surface area (Å²) >= 11 is 1.36. The van der Waals surface area contributed by atoms with Crippen LogP contribution in [0.5, 0.6) is 0 Å². The molecule has 0 fully saturated rings. The van der Waals surface area contributed by atoms with E-state index in [4.69, 9.17) is 0 Å². The van der Waals surface area contributed by atoms with Gasteiger partial charge >= 0.3 is 0 Å². The van der Waals surface area contributed by atoms with Crippen molar-refractivity contribution in [1.29, 1.82) is 0 Å². The number of nitrogens with zero attached hydrogens (tertiary/aromatic N) is 2. The summed E-state index contributed by atoms with van der Waals surface area (Å²) in [4.78, 5) is 27.2. The Balaban J connectivity index is 1.67. The van der Waals surface area contributed by atoms with Crippen LogP contribution in [0.2, 0.25) is 0 Å². The summed E-state index contributed by atoms with van der Waals surface area (Å²) in [6.07, 6.45) is 0. The lowest BCUT2D eigenvalue weighted by Crippen LogP contribution is -2.26. The standard InChI is InChI=1S/C20H20N4O3S/c1-12-5-4-6-13(2)18(12)23-20-22-17(11-28-20)19(25)21-14(3)15-7-9-16(10-8-15)24(26)27/h4-11,14H,1-3H3,(H,21,25)(H,22,23)/t14-/m1/s1. The number of carbonyl (C=O) groups excluding carboxylic acids is 1. The molecule has 8 heteroatoms. The molecule has 0 spiro atoms. The summed E-state index contributed by atoms with van der Waals surface area (Å²) in [6, 6.07) is 11.8. The molecule has 28 heavy (non-hydrogen) atoms. The third kappa shape index (κ3) is 4.34. The molecule has 1 atom stereocenters. The average molecular weight is 396 g/mol. The molecule has 1 aromatic heterocycles. The number of non-ortho nitro benzene ring substituents is 1. The molecule has 0 aliphatic rings. The molecule has 0 aliphatic carbocycles. The second kappa shape index (κ2) is 8.18.